The molecule has 28 heavy (non-hydrogen) atoms. The number of nitro groups is 1. The van der Waals surface area contributed by atoms with Gasteiger partial charge in [-0.25, -0.2) is 5.43 Å². The highest BCUT2D eigenvalue weighted by Crippen LogP contribution is 2.34. The van der Waals surface area contributed by atoms with Crippen molar-refractivity contribution in [3.63, 3.8) is 0 Å². The summed E-state index contributed by atoms with van der Waals surface area (Å²) in [6.45, 7) is -0.277. The quantitative estimate of drug-likeness (QED) is 0.364. The van der Waals surface area contributed by atoms with Crippen molar-refractivity contribution >= 4 is 56.7 Å². The van der Waals surface area contributed by atoms with E-state index in [1.165, 1.54) is 41.8 Å². The Hall–Kier alpha value is -3.30. The second-order valence-electron chi connectivity index (χ2n) is 5.57. The van der Waals surface area contributed by atoms with Crippen LogP contribution in [0.25, 0.3) is 10.1 Å². The molecule has 8 nitrogen and oxygen atoms in total. The van der Waals surface area contributed by atoms with E-state index in [1.54, 1.807) is 0 Å². The number of nitrogens with zero attached hydrogens (tertiary/aromatic N) is 2. The molecular weight excluding hydrogens is 404 g/mol. The average molecular weight is 417 g/mol. The Labute approximate surface area is 168 Å². The molecule has 2 amide bonds. The number of non-ortho nitro benzene ring substituents is 1. The molecular formula is C18H13ClN4O4S. The lowest BCUT2D eigenvalue weighted by Gasteiger charge is -2.03. The van der Waals surface area contributed by atoms with E-state index in [0.29, 0.717) is 15.5 Å². The van der Waals surface area contributed by atoms with Crippen LogP contribution in [0.4, 0.5) is 5.69 Å². The van der Waals surface area contributed by atoms with E-state index < -0.39 is 16.7 Å². The number of amides is 2. The predicted octanol–water partition coefficient (Wildman–Crippen LogP) is 3.34. The zero-order valence-electron chi connectivity index (χ0n) is 14.2. The number of hydrazone groups is 1. The maximum atomic E-state index is 12.3. The molecule has 3 aromatic rings. The second-order valence-corrected chi connectivity index (χ2v) is 7.00. The van der Waals surface area contributed by atoms with Gasteiger partial charge in [0, 0.05) is 22.2 Å². The Bertz CT molecular complexity index is 1080. The van der Waals surface area contributed by atoms with Crippen LogP contribution in [-0.2, 0) is 4.79 Å². The van der Waals surface area contributed by atoms with Crippen LogP contribution in [0.3, 0.4) is 0 Å². The van der Waals surface area contributed by atoms with Crippen LogP contribution in [0.1, 0.15) is 15.2 Å². The fourth-order valence-corrected chi connectivity index (χ4v) is 3.73. The molecule has 10 heteroatoms. The molecule has 142 valence electrons. The predicted molar refractivity (Wildman–Crippen MR) is 108 cm³/mol. The second kappa shape index (κ2) is 8.59. The third kappa shape index (κ3) is 4.51. The monoisotopic (exact) mass is 416 g/mol. The summed E-state index contributed by atoms with van der Waals surface area (Å²) < 4.78 is 0.884. The molecule has 1 aromatic heterocycles. The van der Waals surface area contributed by atoms with Gasteiger partial charge in [-0.05, 0) is 23.8 Å². The van der Waals surface area contributed by atoms with Crippen molar-refractivity contribution in [1.82, 2.24) is 10.7 Å². The molecule has 0 aliphatic heterocycles. The van der Waals surface area contributed by atoms with Crippen molar-refractivity contribution < 1.29 is 14.5 Å². The van der Waals surface area contributed by atoms with Gasteiger partial charge < -0.3 is 5.32 Å². The maximum absolute atomic E-state index is 12.3. The summed E-state index contributed by atoms with van der Waals surface area (Å²) in [6, 6.07) is 13.0. The third-order valence-corrected chi connectivity index (χ3v) is 5.33. The minimum atomic E-state index is -0.524. The topological polar surface area (TPSA) is 114 Å². The maximum Gasteiger partial charge on any atom is 0.269 e. The van der Waals surface area contributed by atoms with Crippen LogP contribution < -0.4 is 10.7 Å². The number of carbonyl (C=O) groups is 2. The Balaban J connectivity index is 1.52. The van der Waals surface area contributed by atoms with Gasteiger partial charge in [0.1, 0.15) is 4.88 Å². The van der Waals surface area contributed by atoms with Gasteiger partial charge >= 0.3 is 0 Å². The Morgan fingerprint density at radius 2 is 1.89 bits per heavy atom. The largest absolute Gasteiger partial charge is 0.342 e. The molecule has 2 aromatic carbocycles. The first kappa shape index (κ1) is 19.5. The highest BCUT2D eigenvalue weighted by molar-refractivity contribution is 7.21. The molecule has 0 aliphatic rings. The number of fused-ring (bicyclic) bond motifs is 1. The number of rotatable bonds is 6. The molecule has 0 atom stereocenters. The molecule has 0 aliphatic carbocycles. The smallest absolute Gasteiger partial charge is 0.269 e. The zero-order valence-corrected chi connectivity index (χ0v) is 15.8. The van der Waals surface area contributed by atoms with Crippen LogP contribution in [0.2, 0.25) is 5.02 Å². The number of nitro benzene ring substituents is 1. The first-order valence-corrected chi connectivity index (χ1v) is 9.17. The van der Waals surface area contributed by atoms with Crippen LogP contribution in [0.5, 0.6) is 0 Å². The summed E-state index contributed by atoms with van der Waals surface area (Å²) in [5, 5.41) is 18.0. The lowest BCUT2D eigenvalue weighted by Crippen LogP contribution is -2.34. The number of benzene rings is 2. The molecule has 0 unspecified atom stereocenters. The summed E-state index contributed by atoms with van der Waals surface area (Å²) in [4.78, 5) is 34.5. The minimum Gasteiger partial charge on any atom is -0.342 e. The number of thiophene rings is 1. The summed E-state index contributed by atoms with van der Waals surface area (Å²) in [7, 11) is 0. The number of carbonyl (C=O) groups excluding carboxylic acids is 2. The zero-order chi connectivity index (χ0) is 20.1. The van der Waals surface area contributed by atoms with Crippen molar-refractivity contribution in [3.05, 3.63) is 74.1 Å². The summed E-state index contributed by atoms with van der Waals surface area (Å²) in [5.74, 6) is -0.968. The van der Waals surface area contributed by atoms with Crippen LogP contribution in [0.15, 0.2) is 53.6 Å². The van der Waals surface area contributed by atoms with Gasteiger partial charge in [-0.3, -0.25) is 19.7 Å². The molecule has 0 radical (unpaired) electrons. The molecule has 0 fully saturated rings. The molecule has 0 spiro atoms. The van der Waals surface area contributed by atoms with E-state index in [0.717, 1.165) is 10.1 Å². The van der Waals surface area contributed by atoms with Gasteiger partial charge in [0.05, 0.1) is 22.7 Å². The van der Waals surface area contributed by atoms with E-state index in [-0.39, 0.29) is 12.2 Å². The summed E-state index contributed by atoms with van der Waals surface area (Å²) >= 11 is 7.48. The van der Waals surface area contributed by atoms with E-state index in [4.69, 9.17) is 11.6 Å². The lowest BCUT2D eigenvalue weighted by molar-refractivity contribution is -0.384. The molecule has 2 N–H and O–H groups in total. The average Bonchev–Trinajstić information content (AvgIpc) is 3.03. The van der Waals surface area contributed by atoms with E-state index in [1.807, 2.05) is 24.3 Å². The Kier molecular flexibility index (Phi) is 5.97. The summed E-state index contributed by atoms with van der Waals surface area (Å²) in [6.07, 6.45) is 1.34. The van der Waals surface area contributed by atoms with E-state index >= 15 is 0 Å². The van der Waals surface area contributed by atoms with Crippen LogP contribution >= 0.6 is 22.9 Å². The fraction of sp³-hybridized carbons (Fsp3) is 0.0556. The van der Waals surface area contributed by atoms with Crippen molar-refractivity contribution in [1.29, 1.82) is 0 Å². The number of halogens is 1. The van der Waals surface area contributed by atoms with Gasteiger partial charge in [0.25, 0.3) is 17.5 Å². The van der Waals surface area contributed by atoms with Crippen LogP contribution in [-0.4, -0.2) is 29.5 Å². The highest BCUT2D eigenvalue weighted by atomic mass is 35.5. The fourth-order valence-electron chi connectivity index (χ4n) is 2.30. The van der Waals surface area contributed by atoms with Crippen molar-refractivity contribution in [2.75, 3.05) is 6.54 Å². The Morgan fingerprint density at radius 3 is 2.57 bits per heavy atom. The molecule has 0 saturated carbocycles. The van der Waals surface area contributed by atoms with Crippen LogP contribution in [0, 0.1) is 10.1 Å². The minimum absolute atomic E-state index is 0.0382. The van der Waals surface area contributed by atoms with E-state index in [9.17, 15) is 19.7 Å². The van der Waals surface area contributed by atoms with Gasteiger partial charge in [0.2, 0.25) is 0 Å². The van der Waals surface area contributed by atoms with Gasteiger partial charge in [-0.15, -0.1) is 11.3 Å². The van der Waals surface area contributed by atoms with Gasteiger partial charge in [-0.2, -0.15) is 5.10 Å². The molecule has 3 rings (SSSR count). The van der Waals surface area contributed by atoms with Gasteiger partial charge in [-0.1, -0.05) is 29.8 Å². The number of nitrogens with one attached hydrogen (secondary N) is 2. The normalized spacial score (nSPS) is 10.9. The first-order valence-electron chi connectivity index (χ1n) is 7.97. The van der Waals surface area contributed by atoms with Crippen molar-refractivity contribution in [2.24, 2.45) is 5.10 Å². The number of hydrogen-bond donors (Lipinski definition) is 2. The SMILES string of the molecule is O=C(CNC(=O)c1sc2ccccc2c1Cl)NN=Cc1ccc([N+](=O)[O-])cc1. The summed E-state index contributed by atoms with van der Waals surface area (Å²) in [5.41, 5.74) is 2.81. The molecule has 0 bridgehead atoms. The molecule has 1 heterocycles. The highest BCUT2D eigenvalue weighted by Gasteiger charge is 2.17. The first-order chi connectivity index (χ1) is 13.5. The molecule has 0 saturated heterocycles. The third-order valence-electron chi connectivity index (χ3n) is 3.66. The van der Waals surface area contributed by atoms with Crippen molar-refractivity contribution in [3.8, 4) is 0 Å². The standard InChI is InChI=1S/C18H13ClN4O4S/c19-16-13-3-1-2-4-14(13)28-17(16)18(25)20-10-15(24)22-21-9-11-5-7-12(8-6-11)23(26)27/h1-9H,10H2,(H,20,25)(H,22,24). The van der Waals surface area contributed by atoms with E-state index in [2.05, 4.69) is 15.8 Å². The van der Waals surface area contributed by atoms with Gasteiger partial charge in [0.15, 0.2) is 0 Å². The lowest BCUT2D eigenvalue weighted by atomic mass is 10.2. The number of hydrogen-bond acceptors (Lipinski definition) is 6. The Morgan fingerprint density at radius 1 is 1.18 bits per heavy atom. The van der Waals surface area contributed by atoms with Crippen molar-refractivity contribution in [2.45, 2.75) is 0 Å².